The van der Waals surface area contributed by atoms with E-state index >= 15 is 0 Å². The van der Waals surface area contributed by atoms with Crippen LogP contribution in [0.5, 0.6) is 5.75 Å². The van der Waals surface area contributed by atoms with Gasteiger partial charge in [-0.25, -0.2) is 0 Å². The van der Waals surface area contributed by atoms with Crippen molar-refractivity contribution in [2.45, 2.75) is 90.3 Å². The number of hydrogen-bond acceptors (Lipinski definition) is 5. The van der Waals surface area contributed by atoms with Gasteiger partial charge in [0.1, 0.15) is 24.6 Å². The summed E-state index contributed by atoms with van der Waals surface area (Å²) in [5.41, 5.74) is 3.89. The van der Waals surface area contributed by atoms with Crippen LogP contribution in [-0.2, 0) is 38.5 Å². The monoisotopic (exact) mass is 774 g/mol. The second-order valence-electron chi connectivity index (χ2n) is 15.4. The minimum Gasteiger partial charge on any atom is -0.489 e. The van der Waals surface area contributed by atoms with Crippen LogP contribution >= 0.6 is 11.6 Å². The zero-order chi connectivity index (χ0) is 38.8. The Kier molecular flexibility index (Phi) is 13.9. The molecule has 0 amide bonds. The van der Waals surface area contributed by atoms with E-state index in [1.165, 1.54) is 10.4 Å². The van der Waals surface area contributed by atoms with Crippen molar-refractivity contribution in [1.29, 1.82) is 0 Å². The minimum absolute atomic E-state index is 0.0635. The molecular weight excluding hydrogens is 720 g/mol. The van der Waals surface area contributed by atoms with Crippen LogP contribution in [0.1, 0.15) is 69.4 Å². The van der Waals surface area contributed by atoms with Gasteiger partial charge in [0.15, 0.2) is 0 Å². The summed E-state index contributed by atoms with van der Waals surface area (Å²) >= 11 is 7.19. The molecule has 0 N–H and O–H groups in total. The third-order valence-electron chi connectivity index (χ3n) is 10.7. The summed E-state index contributed by atoms with van der Waals surface area (Å²) in [7, 11) is -2.87. The quantitative estimate of drug-likeness (QED) is 0.0738. The molecule has 5 aromatic rings. The molecule has 1 fully saturated rings. The summed E-state index contributed by atoms with van der Waals surface area (Å²) in [6.45, 7) is 16.6. The first-order chi connectivity index (χ1) is 26.7. The van der Waals surface area contributed by atoms with E-state index < -0.39 is 20.5 Å². The average molecular weight is 776 g/mol. The van der Waals surface area contributed by atoms with Crippen LogP contribution in [0.3, 0.4) is 0 Å². The molecule has 1 unspecified atom stereocenters. The van der Waals surface area contributed by atoms with Crippen molar-refractivity contribution in [3.05, 3.63) is 173 Å². The number of benzene rings is 5. The number of halogens is 1. The van der Waals surface area contributed by atoms with Gasteiger partial charge in [-0.05, 0) is 50.7 Å². The van der Waals surface area contributed by atoms with Crippen molar-refractivity contribution in [3.63, 3.8) is 0 Å². The Labute approximate surface area is 334 Å². The SMILES string of the molecule is C=CCOc1cc(Cl)c(CO[Si](c2ccccc2)(c2ccccc2)C(C)(C)C)cc1C1O[C@H](CC)[C@@H](C)[C@H](OCc2ccccc2)[C@H]1OCc1ccccc1. The maximum atomic E-state index is 7.40. The first kappa shape index (κ1) is 40.6. The molecule has 7 heteroatoms. The lowest BCUT2D eigenvalue weighted by Crippen LogP contribution is -2.66. The molecule has 0 aromatic heterocycles. The minimum atomic E-state index is -2.87. The fourth-order valence-corrected chi connectivity index (χ4v) is 12.7. The van der Waals surface area contributed by atoms with E-state index in [2.05, 4.69) is 132 Å². The van der Waals surface area contributed by atoms with E-state index in [0.717, 1.165) is 28.7 Å². The number of rotatable bonds is 16. The lowest BCUT2D eigenvalue weighted by Gasteiger charge is -2.46. The summed E-state index contributed by atoms with van der Waals surface area (Å²) < 4.78 is 34.6. The third kappa shape index (κ3) is 9.34. The van der Waals surface area contributed by atoms with Crippen molar-refractivity contribution >= 4 is 30.3 Å². The van der Waals surface area contributed by atoms with Gasteiger partial charge in [-0.3, -0.25) is 0 Å². The van der Waals surface area contributed by atoms with Gasteiger partial charge in [0, 0.05) is 16.5 Å². The van der Waals surface area contributed by atoms with Crippen LogP contribution in [0.4, 0.5) is 0 Å². The van der Waals surface area contributed by atoms with Gasteiger partial charge in [0.25, 0.3) is 8.32 Å². The fourth-order valence-electron chi connectivity index (χ4n) is 7.93. The van der Waals surface area contributed by atoms with Gasteiger partial charge >= 0.3 is 0 Å². The first-order valence-corrected chi connectivity index (χ1v) is 21.7. The molecule has 1 aliphatic rings. The number of ether oxygens (including phenoxy) is 4. The molecule has 1 aliphatic heterocycles. The topological polar surface area (TPSA) is 46.2 Å². The van der Waals surface area contributed by atoms with Crippen LogP contribution < -0.4 is 15.1 Å². The Morgan fingerprint density at radius 1 is 0.727 bits per heavy atom. The van der Waals surface area contributed by atoms with Crippen molar-refractivity contribution in [1.82, 2.24) is 0 Å². The van der Waals surface area contributed by atoms with Gasteiger partial charge in [-0.2, -0.15) is 0 Å². The van der Waals surface area contributed by atoms with Crippen LogP contribution in [0.15, 0.2) is 146 Å². The molecule has 55 heavy (non-hydrogen) atoms. The summed E-state index contributed by atoms with van der Waals surface area (Å²) in [6, 6.07) is 45.9. The maximum Gasteiger partial charge on any atom is 0.261 e. The Balaban J connectivity index is 1.43. The highest BCUT2D eigenvalue weighted by atomic mass is 35.5. The largest absolute Gasteiger partial charge is 0.489 e. The van der Waals surface area contributed by atoms with E-state index in [1.54, 1.807) is 6.08 Å². The second kappa shape index (κ2) is 18.7. The predicted molar refractivity (Wildman–Crippen MR) is 227 cm³/mol. The molecule has 0 bridgehead atoms. The van der Waals surface area contributed by atoms with E-state index in [1.807, 2.05) is 42.5 Å². The van der Waals surface area contributed by atoms with Gasteiger partial charge in [0.2, 0.25) is 0 Å². The molecule has 1 heterocycles. The molecule has 1 saturated heterocycles. The second-order valence-corrected chi connectivity index (χ2v) is 20.1. The van der Waals surface area contributed by atoms with E-state index in [0.29, 0.717) is 37.2 Å². The lowest BCUT2D eigenvalue weighted by molar-refractivity contribution is -0.235. The molecule has 0 aliphatic carbocycles. The predicted octanol–water partition coefficient (Wildman–Crippen LogP) is 10.6. The number of hydrogen-bond donors (Lipinski definition) is 0. The molecule has 0 spiro atoms. The van der Waals surface area contributed by atoms with Crippen LogP contribution in [-0.4, -0.2) is 33.2 Å². The first-order valence-electron chi connectivity index (χ1n) is 19.4. The molecule has 5 aromatic carbocycles. The Morgan fingerprint density at radius 2 is 1.24 bits per heavy atom. The van der Waals surface area contributed by atoms with E-state index in [4.69, 9.17) is 35.0 Å². The van der Waals surface area contributed by atoms with Gasteiger partial charge < -0.3 is 23.4 Å². The van der Waals surface area contributed by atoms with Gasteiger partial charge in [-0.15, -0.1) is 0 Å². The normalized spacial score (nSPS) is 20.2. The maximum absolute atomic E-state index is 7.40. The molecule has 288 valence electrons. The highest BCUT2D eigenvalue weighted by Gasteiger charge is 2.50. The summed E-state index contributed by atoms with van der Waals surface area (Å²) in [5.74, 6) is 0.692. The summed E-state index contributed by atoms with van der Waals surface area (Å²) in [5, 5.41) is 2.78. The van der Waals surface area contributed by atoms with Gasteiger partial charge in [-0.1, -0.05) is 180 Å². The van der Waals surface area contributed by atoms with Crippen molar-refractivity contribution in [3.8, 4) is 5.75 Å². The Bertz CT molecular complexity index is 1890. The smallest absolute Gasteiger partial charge is 0.261 e. The molecule has 5 nitrogen and oxygen atoms in total. The van der Waals surface area contributed by atoms with Crippen molar-refractivity contribution in [2.75, 3.05) is 6.61 Å². The van der Waals surface area contributed by atoms with Gasteiger partial charge in [0.05, 0.1) is 32.0 Å². The zero-order valence-corrected chi connectivity index (χ0v) is 34.6. The highest BCUT2D eigenvalue weighted by Crippen LogP contribution is 2.45. The van der Waals surface area contributed by atoms with Crippen molar-refractivity contribution < 1.29 is 23.4 Å². The zero-order valence-electron chi connectivity index (χ0n) is 32.8. The summed E-state index contributed by atoms with van der Waals surface area (Å²) in [4.78, 5) is 0. The van der Waals surface area contributed by atoms with Crippen LogP contribution in [0.25, 0.3) is 0 Å². The summed E-state index contributed by atoms with van der Waals surface area (Å²) in [6.07, 6.45) is 1.23. The molecule has 6 rings (SSSR count). The van der Waals surface area contributed by atoms with E-state index in [9.17, 15) is 0 Å². The van der Waals surface area contributed by atoms with Crippen molar-refractivity contribution in [2.24, 2.45) is 5.92 Å². The average Bonchev–Trinajstić information content (AvgIpc) is 3.20. The Hall–Kier alpha value is -4.01. The highest BCUT2D eigenvalue weighted by molar-refractivity contribution is 6.99. The molecular formula is C48H55ClO5Si. The fraction of sp³-hybridized carbons (Fsp3) is 0.333. The molecule has 5 atom stereocenters. The lowest BCUT2D eigenvalue weighted by atomic mass is 9.83. The van der Waals surface area contributed by atoms with E-state index in [-0.39, 0.29) is 23.2 Å². The third-order valence-corrected chi connectivity index (χ3v) is 16.1. The standard InChI is InChI=1S/C48H55ClO5Si/c1-7-29-50-44-31-42(49)38(34-53-55(48(4,5)6,39-25-17-11-18-26-39)40-27-19-12-20-28-40)30-41(44)46-47(52-33-37-23-15-10-16-24-37)45(35(3)43(8-2)54-46)51-32-36-21-13-9-14-22-36/h7,9-28,30-31,35,43,45-47H,1,8,29,32-34H2,2-6H3/t35-,43-,45+,46?,47-/m1/s1. The molecule has 0 saturated carbocycles. The van der Waals surface area contributed by atoms with Crippen LogP contribution in [0.2, 0.25) is 10.1 Å². The Morgan fingerprint density at radius 3 is 1.73 bits per heavy atom. The molecule has 0 radical (unpaired) electrons. The van der Waals surface area contributed by atoms with Crippen LogP contribution in [0, 0.1) is 5.92 Å².